The van der Waals surface area contributed by atoms with Crippen LogP contribution in [0.15, 0.2) is 47.4 Å². The first-order chi connectivity index (χ1) is 15.2. The molecule has 0 saturated carbocycles. The second-order valence-electron chi connectivity index (χ2n) is 7.89. The third kappa shape index (κ3) is 6.01. The predicted octanol–water partition coefficient (Wildman–Crippen LogP) is 3.15. The number of carbonyl (C=O) groups excluding carboxylic acids is 1. The van der Waals surface area contributed by atoms with Gasteiger partial charge in [-0.3, -0.25) is 4.79 Å². The van der Waals surface area contributed by atoms with Crippen LogP contribution < -0.4 is 10.2 Å². The molecule has 0 radical (unpaired) electrons. The molecule has 1 fully saturated rings. The van der Waals surface area contributed by atoms with Crippen LogP contribution in [-0.2, 0) is 14.8 Å². The molecule has 1 heterocycles. The molecule has 0 aromatic heterocycles. The number of hydrogen-bond acceptors (Lipinski definition) is 4. The van der Waals surface area contributed by atoms with Gasteiger partial charge >= 0.3 is 0 Å². The maximum atomic E-state index is 13.4. The minimum Gasteiger partial charge on any atom is -0.371 e. The largest absolute Gasteiger partial charge is 0.371 e. The molecule has 0 aliphatic carbocycles. The Bertz CT molecular complexity index is 1050. The quantitative estimate of drug-likeness (QED) is 0.613. The Morgan fingerprint density at radius 1 is 1.12 bits per heavy atom. The Hall–Kier alpha value is -2.59. The van der Waals surface area contributed by atoms with Gasteiger partial charge in [-0.2, -0.15) is 0 Å². The van der Waals surface area contributed by atoms with Gasteiger partial charge in [-0.15, -0.1) is 0 Å². The lowest BCUT2D eigenvalue weighted by Gasteiger charge is -2.19. The molecular formula is C22H26F3N3O3S. The molecule has 1 N–H and O–H groups in total. The third-order valence-electron chi connectivity index (χ3n) is 5.54. The molecule has 3 rings (SSSR count). The fourth-order valence-electron chi connectivity index (χ4n) is 3.63. The van der Waals surface area contributed by atoms with Gasteiger partial charge in [-0.05, 0) is 55.2 Å². The zero-order valence-electron chi connectivity index (χ0n) is 17.7. The highest BCUT2D eigenvalue weighted by Gasteiger charge is 2.24. The number of amides is 1. The van der Waals surface area contributed by atoms with E-state index in [4.69, 9.17) is 0 Å². The lowest BCUT2D eigenvalue weighted by atomic mass is 10.1. The highest BCUT2D eigenvalue weighted by molar-refractivity contribution is 7.89. The fraction of sp³-hybridized carbons (Fsp3) is 0.409. The van der Waals surface area contributed by atoms with E-state index in [1.807, 2.05) is 4.90 Å². The van der Waals surface area contributed by atoms with E-state index in [0.29, 0.717) is 31.7 Å². The molecule has 0 bridgehead atoms. The first-order valence-corrected chi connectivity index (χ1v) is 11.8. The highest BCUT2D eigenvalue weighted by Crippen LogP contribution is 2.25. The van der Waals surface area contributed by atoms with E-state index in [2.05, 4.69) is 5.32 Å². The summed E-state index contributed by atoms with van der Waals surface area (Å²) in [5.74, 6) is -2.27. The molecule has 174 valence electrons. The molecule has 10 heteroatoms. The van der Waals surface area contributed by atoms with Gasteiger partial charge < -0.3 is 10.2 Å². The van der Waals surface area contributed by atoms with Crippen molar-refractivity contribution in [3.8, 4) is 0 Å². The Morgan fingerprint density at radius 3 is 2.53 bits per heavy atom. The molecule has 2 aromatic rings. The molecule has 1 aliphatic heterocycles. The average Bonchev–Trinajstić information content (AvgIpc) is 3.23. The van der Waals surface area contributed by atoms with Crippen LogP contribution in [0.1, 0.15) is 19.3 Å². The van der Waals surface area contributed by atoms with Crippen LogP contribution in [-0.4, -0.2) is 51.9 Å². The van der Waals surface area contributed by atoms with Crippen LogP contribution in [0.2, 0.25) is 0 Å². The summed E-state index contributed by atoms with van der Waals surface area (Å²) < 4.78 is 65.6. The van der Waals surface area contributed by atoms with Crippen molar-refractivity contribution in [3.05, 3.63) is 59.9 Å². The molecule has 1 atom stereocenters. The molecule has 6 nitrogen and oxygen atoms in total. The first-order valence-electron chi connectivity index (χ1n) is 10.4. The van der Waals surface area contributed by atoms with Crippen LogP contribution in [0, 0.1) is 23.4 Å². The van der Waals surface area contributed by atoms with Gasteiger partial charge in [-0.1, -0.05) is 0 Å². The van der Waals surface area contributed by atoms with Crippen LogP contribution in [0.25, 0.3) is 0 Å². The Kier molecular flexibility index (Phi) is 7.78. The van der Waals surface area contributed by atoms with E-state index in [1.54, 1.807) is 0 Å². The van der Waals surface area contributed by atoms with E-state index in [9.17, 15) is 26.4 Å². The minimum absolute atomic E-state index is 0.00215. The van der Waals surface area contributed by atoms with E-state index in [0.717, 1.165) is 28.9 Å². The summed E-state index contributed by atoms with van der Waals surface area (Å²) in [6.07, 6.45) is 1.33. The zero-order valence-corrected chi connectivity index (χ0v) is 18.5. The van der Waals surface area contributed by atoms with Crippen molar-refractivity contribution in [2.24, 2.45) is 5.92 Å². The summed E-state index contributed by atoms with van der Waals surface area (Å²) in [6, 6.07) is 8.41. The fourth-order valence-corrected chi connectivity index (χ4v) is 4.84. The van der Waals surface area contributed by atoms with E-state index in [-0.39, 0.29) is 29.7 Å². The van der Waals surface area contributed by atoms with Crippen molar-refractivity contribution in [1.82, 2.24) is 9.62 Å². The number of hydrogen-bond donors (Lipinski definition) is 1. The number of sulfonamides is 1. The molecule has 1 aliphatic rings. The number of benzene rings is 2. The topological polar surface area (TPSA) is 69.7 Å². The normalized spacial score (nSPS) is 16.5. The first kappa shape index (κ1) is 24.1. The van der Waals surface area contributed by atoms with Gasteiger partial charge in [0.1, 0.15) is 5.82 Å². The van der Waals surface area contributed by atoms with Crippen molar-refractivity contribution in [3.63, 3.8) is 0 Å². The maximum Gasteiger partial charge on any atom is 0.242 e. The zero-order chi connectivity index (χ0) is 23.3. The van der Waals surface area contributed by atoms with E-state index < -0.39 is 27.5 Å². The van der Waals surface area contributed by atoms with Crippen LogP contribution >= 0.6 is 0 Å². The van der Waals surface area contributed by atoms with Gasteiger partial charge in [0.25, 0.3) is 0 Å². The number of anilines is 1. The number of rotatable bonds is 9. The SMILES string of the molecule is CN(CCCC(=O)NCC1CCN(c2ccc(F)c(F)c2)C1)S(=O)(=O)c1ccc(F)cc1. The van der Waals surface area contributed by atoms with Crippen LogP contribution in [0.5, 0.6) is 0 Å². The summed E-state index contributed by atoms with van der Waals surface area (Å²) in [5, 5.41) is 2.86. The Balaban J connectivity index is 1.39. The van der Waals surface area contributed by atoms with Crippen LogP contribution in [0.4, 0.5) is 18.9 Å². The molecule has 1 amide bonds. The molecule has 0 spiro atoms. The van der Waals surface area contributed by atoms with Gasteiger partial charge in [0, 0.05) is 51.4 Å². The monoisotopic (exact) mass is 469 g/mol. The summed E-state index contributed by atoms with van der Waals surface area (Å²) in [7, 11) is -2.32. The third-order valence-corrected chi connectivity index (χ3v) is 7.41. The number of nitrogens with one attached hydrogen (secondary N) is 1. The summed E-state index contributed by atoms with van der Waals surface area (Å²) in [6.45, 7) is 1.94. The molecule has 2 aromatic carbocycles. The molecule has 1 unspecified atom stereocenters. The average molecular weight is 470 g/mol. The predicted molar refractivity (Wildman–Crippen MR) is 115 cm³/mol. The maximum absolute atomic E-state index is 13.4. The lowest BCUT2D eigenvalue weighted by Crippen LogP contribution is -2.32. The van der Waals surface area contributed by atoms with Crippen molar-refractivity contribution >= 4 is 21.6 Å². The Morgan fingerprint density at radius 2 is 1.84 bits per heavy atom. The standard InChI is InChI=1S/C22H26F3N3O3S/c1-27(32(30,31)19-7-4-17(23)5-8-19)11-2-3-22(29)26-14-16-10-12-28(15-16)18-6-9-20(24)21(25)13-18/h4-9,13,16H,2-3,10-12,14-15H2,1H3,(H,26,29). The van der Waals surface area contributed by atoms with E-state index >= 15 is 0 Å². The number of carbonyl (C=O) groups is 1. The smallest absolute Gasteiger partial charge is 0.242 e. The Labute approximate surface area is 186 Å². The number of nitrogens with zero attached hydrogens (tertiary/aromatic N) is 2. The van der Waals surface area contributed by atoms with Crippen molar-refractivity contribution < 1.29 is 26.4 Å². The van der Waals surface area contributed by atoms with Gasteiger partial charge in [0.2, 0.25) is 15.9 Å². The minimum atomic E-state index is -3.74. The molecular weight excluding hydrogens is 443 g/mol. The summed E-state index contributed by atoms with van der Waals surface area (Å²) in [4.78, 5) is 14.1. The highest BCUT2D eigenvalue weighted by atomic mass is 32.2. The van der Waals surface area contributed by atoms with Crippen LogP contribution in [0.3, 0.4) is 0 Å². The van der Waals surface area contributed by atoms with Crippen molar-refractivity contribution in [2.75, 3.05) is 38.1 Å². The van der Waals surface area contributed by atoms with E-state index in [1.165, 1.54) is 31.3 Å². The second-order valence-corrected chi connectivity index (χ2v) is 9.93. The van der Waals surface area contributed by atoms with Gasteiger partial charge in [0.05, 0.1) is 4.90 Å². The van der Waals surface area contributed by atoms with Crippen molar-refractivity contribution in [2.45, 2.75) is 24.2 Å². The van der Waals surface area contributed by atoms with Gasteiger partial charge in [0.15, 0.2) is 11.6 Å². The van der Waals surface area contributed by atoms with Gasteiger partial charge in [-0.25, -0.2) is 25.9 Å². The lowest BCUT2D eigenvalue weighted by molar-refractivity contribution is -0.121. The molecule has 32 heavy (non-hydrogen) atoms. The second kappa shape index (κ2) is 10.4. The van der Waals surface area contributed by atoms with Crippen molar-refractivity contribution in [1.29, 1.82) is 0 Å². The summed E-state index contributed by atoms with van der Waals surface area (Å²) >= 11 is 0. The summed E-state index contributed by atoms with van der Waals surface area (Å²) in [5.41, 5.74) is 0.614. The number of halogens is 3. The molecule has 1 saturated heterocycles.